The van der Waals surface area contributed by atoms with E-state index in [1.165, 1.54) is 5.56 Å². The maximum atomic E-state index is 4.33. The Balaban J connectivity index is 0.00000108. The normalized spacial score (nSPS) is 10.2. The predicted molar refractivity (Wildman–Crippen MR) is 64.6 cm³/mol. The van der Waals surface area contributed by atoms with Crippen LogP contribution in [0.15, 0.2) is 48.5 Å². The standard InChI is InChI=1S/C14H11N2.Y/c1-11-6-5-9-13-14(11)15-10-16(13)12-7-3-2-4-8-12;/h2-9H,1H3;/q-1;. The number of rotatable bonds is 1. The fraction of sp³-hybridized carbons (Fsp3) is 0.0714. The molecule has 3 rings (SSSR count). The maximum absolute atomic E-state index is 4.33. The van der Waals surface area contributed by atoms with Crippen LogP contribution in [0.1, 0.15) is 5.56 Å². The van der Waals surface area contributed by atoms with Gasteiger partial charge in [-0.25, -0.2) is 0 Å². The van der Waals surface area contributed by atoms with Crippen molar-refractivity contribution in [2.75, 3.05) is 0 Å². The Morgan fingerprint density at radius 3 is 2.53 bits per heavy atom. The SMILES string of the molecule is Cc1cccc2c1n[c-]n2-c1ccccc1.[Y]. The Hall–Kier alpha value is -0.986. The van der Waals surface area contributed by atoms with Crippen molar-refractivity contribution in [1.82, 2.24) is 9.55 Å². The van der Waals surface area contributed by atoms with Crippen molar-refractivity contribution in [3.63, 3.8) is 0 Å². The first-order chi connectivity index (χ1) is 7.86. The number of hydrogen-bond donors (Lipinski definition) is 0. The summed E-state index contributed by atoms with van der Waals surface area (Å²) in [5, 5.41) is 0. The Morgan fingerprint density at radius 1 is 1.00 bits per heavy atom. The molecular weight excluding hydrogens is 285 g/mol. The van der Waals surface area contributed by atoms with Gasteiger partial charge in [-0.2, -0.15) is 0 Å². The molecule has 0 N–H and O–H groups in total. The van der Waals surface area contributed by atoms with Crippen LogP contribution in [0, 0.1) is 13.3 Å². The maximum Gasteiger partial charge on any atom is 0.0418 e. The van der Waals surface area contributed by atoms with Crippen LogP contribution in [-0.4, -0.2) is 9.55 Å². The van der Waals surface area contributed by atoms with Gasteiger partial charge in [0.05, 0.1) is 0 Å². The largest absolute Gasteiger partial charge is 0.426 e. The van der Waals surface area contributed by atoms with Gasteiger partial charge in [0.15, 0.2) is 0 Å². The molecule has 0 aliphatic rings. The summed E-state index contributed by atoms with van der Waals surface area (Å²) in [4.78, 5) is 4.33. The number of aromatic nitrogens is 2. The van der Waals surface area contributed by atoms with Crippen LogP contribution < -0.4 is 0 Å². The fourth-order valence-corrected chi connectivity index (χ4v) is 1.90. The number of hydrogen-bond acceptors (Lipinski definition) is 1. The van der Waals surface area contributed by atoms with Crippen molar-refractivity contribution in [3.05, 3.63) is 60.4 Å². The van der Waals surface area contributed by atoms with E-state index in [2.05, 4.69) is 42.5 Å². The number of imidazole rings is 1. The van der Waals surface area contributed by atoms with E-state index in [1.54, 1.807) is 0 Å². The molecule has 0 aliphatic carbocycles. The van der Waals surface area contributed by atoms with Gasteiger partial charge in [-0.3, -0.25) is 0 Å². The summed E-state index contributed by atoms with van der Waals surface area (Å²) in [7, 11) is 0. The smallest absolute Gasteiger partial charge is 0.0418 e. The van der Waals surface area contributed by atoms with Crippen LogP contribution in [0.5, 0.6) is 0 Å². The summed E-state index contributed by atoms with van der Waals surface area (Å²) in [6.07, 6.45) is 3.04. The summed E-state index contributed by atoms with van der Waals surface area (Å²) in [6, 6.07) is 16.3. The van der Waals surface area contributed by atoms with E-state index in [4.69, 9.17) is 0 Å². The third kappa shape index (κ3) is 2.20. The first kappa shape index (κ1) is 12.5. The predicted octanol–water partition coefficient (Wildman–Crippen LogP) is 3.13. The fourth-order valence-electron chi connectivity index (χ4n) is 1.90. The van der Waals surface area contributed by atoms with Gasteiger partial charge in [-0.05, 0) is 18.1 Å². The van der Waals surface area contributed by atoms with Crippen molar-refractivity contribution >= 4 is 11.0 Å². The molecule has 0 fully saturated rings. The molecule has 2 aromatic carbocycles. The first-order valence-corrected chi connectivity index (χ1v) is 5.27. The van der Waals surface area contributed by atoms with Gasteiger partial charge in [0.25, 0.3) is 0 Å². The number of para-hydroxylation sites is 2. The van der Waals surface area contributed by atoms with Crippen LogP contribution in [-0.2, 0) is 32.7 Å². The van der Waals surface area contributed by atoms with Gasteiger partial charge in [0.2, 0.25) is 0 Å². The third-order valence-corrected chi connectivity index (χ3v) is 2.73. The second kappa shape index (κ2) is 5.11. The Morgan fingerprint density at radius 2 is 1.76 bits per heavy atom. The molecule has 0 saturated heterocycles. The van der Waals surface area contributed by atoms with E-state index in [1.807, 2.05) is 28.8 Å². The average molecular weight is 296 g/mol. The van der Waals surface area contributed by atoms with Crippen LogP contribution in [0.4, 0.5) is 0 Å². The molecule has 0 aliphatic heterocycles. The third-order valence-electron chi connectivity index (χ3n) is 2.73. The summed E-state index contributed by atoms with van der Waals surface area (Å²) < 4.78 is 1.99. The summed E-state index contributed by atoms with van der Waals surface area (Å²) in [6.45, 7) is 2.07. The van der Waals surface area contributed by atoms with Crippen molar-refractivity contribution in [2.45, 2.75) is 6.92 Å². The van der Waals surface area contributed by atoms with Crippen LogP contribution in [0.3, 0.4) is 0 Å². The average Bonchev–Trinajstić information content (AvgIpc) is 2.75. The Kier molecular flexibility index (Phi) is 3.75. The van der Waals surface area contributed by atoms with Gasteiger partial charge < -0.3 is 9.55 Å². The van der Waals surface area contributed by atoms with Crippen molar-refractivity contribution in [3.8, 4) is 5.69 Å². The molecule has 2 nitrogen and oxygen atoms in total. The number of nitrogens with zero attached hydrogens (tertiary/aromatic N) is 2. The second-order valence-corrected chi connectivity index (χ2v) is 3.83. The molecule has 0 saturated carbocycles. The van der Waals surface area contributed by atoms with Crippen molar-refractivity contribution in [2.24, 2.45) is 0 Å². The monoisotopic (exact) mass is 296 g/mol. The Labute approximate surface area is 126 Å². The van der Waals surface area contributed by atoms with Crippen molar-refractivity contribution < 1.29 is 32.7 Å². The minimum absolute atomic E-state index is 0. The Bertz CT molecular complexity index is 629. The minimum atomic E-state index is 0. The zero-order chi connectivity index (χ0) is 11.0. The van der Waals surface area contributed by atoms with Gasteiger partial charge in [0.1, 0.15) is 0 Å². The molecule has 1 radical (unpaired) electrons. The quantitative estimate of drug-likeness (QED) is 0.631. The van der Waals surface area contributed by atoms with E-state index in [0.717, 1.165) is 16.7 Å². The zero-order valence-electron chi connectivity index (χ0n) is 9.59. The van der Waals surface area contributed by atoms with Gasteiger partial charge in [-0.1, -0.05) is 59.6 Å². The molecule has 0 spiro atoms. The van der Waals surface area contributed by atoms with E-state index >= 15 is 0 Å². The molecule has 3 aromatic rings. The van der Waals surface area contributed by atoms with Crippen LogP contribution >= 0.6 is 0 Å². The molecule has 0 unspecified atom stereocenters. The number of aryl methyl sites for hydroxylation is 1. The first-order valence-electron chi connectivity index (χ1n) is 5.27. The second-order valence-electron chi connectivity index (χ2n) is 3.83. The molecule has 1 aromatic heterocycles. The van der Waals surface area contributed by atoms with Crippen LogP contribution in [0.2, 0.25) is 0 Å². The van der Waals surface area contributed by atoms with Gasteiger partial charge in [-0.15, -0.1) is 0 Å². The number of benzene rings is 2. The molecule has 3 heteroatoms. The molecular formula is C14H11N2Y-. The zero-order valence-corrected chi connectivity index (χ0v) is 12.4. The molecule has 1 heterocycles. The summed E-state index contributed by atoms with van der Waals surface area (Å²) >= 11 is 0. The summed E-state index contributed by atoms with van der Waals surface area (Å²) in [5.41, 5.74) is 4.40. The molecule has 81 valence electrons. The molecule has 17 heavy (non-hydrogen) atoms. The van der Waals surface area contributed by atoms with E-state index < -0.39 is 0 Å². The van der Waals surface area contributed by atoms with Gasteiger partial charge in [0, 0.05) is 39.0 Å². The molecule has 0 bridgehead atoms. The number of fused-ring (bicyclic) bond motifs is 1. The summed E-state index contributed by atoms with van der Waals surface area (Å²) in [5.74, 6) is 0. The minimum Gasteiger partial charge on any atom is -0.426 e. The topological polar surface area (TPSA) is 17.8 Å². The van der Waals surface area contributed by atoms with Crippen LogP contribution in [0.25, 0.3) is 16.7 Å². The van der Waals surface area contributed by atoms with E-state index in [9.17, 15) is 0 Å². The molecule has 0 amide bonds. The van der Waals surface area contributed by atoms with E-state index in [0.29, 0.717) is 0 Å². The van der Waals surface area contributed by atoms with Crippen molar-refractivity contribution in [1.29, 1.82) is 0 Å². The molecule has 0 atom stereocenters. The van der Waals surface area contributed by atoms with E-state index in [-0.39, 0.29) is 32.7 Å². The van der Waals surface area contributed by atoms with Gasteiger partial charge >= 0.3 is 0 Å².